The number of fused-ring (bicyclic) bond motifs is 2. The molecular weight excluding hydrogens is 284 g/mol. The Morgan fingerprint density at radius 2 is 1.61 bits per heavy atom. The van der Waals surface area contributed by atoms with Crippen molar-refractivity contribution in [1.29, 1.82) is 0 Å². The van der Waals surface area contributed by atoms with Gasteiger partial charge in [-0.05, 0) is 40.6 Å². The fourth-order valence-electron chi connectivity index (χ4n) is 3.51. The molecule has 0 saturated carbocycles. The van der Waals surface area contributed by atoms with Gasteiger partial charge in [0.1, 0.15) is 0 Å². The molecule has 4 rings (SSSR count). The molecule has 0 aromatic heterocycles. The van der Waals surface area contributed by atoms with Crippen LogP contribution in [0.25, 0.3) is 12.2 Å². The Kier molecular flexibility index (Phi) is 3.27. The van der Waals surface area contributed by atoms with Gasteiger partial charge in [-0.25, -0.2) is 0 Å². The normalized spacial score (nSPS) is 21.3. The van der Waals surface area contributed by atoms with Crippen LogP contribution in [0.2, 0.25) is 0 Å². The highest BCUT2D eigenvalue weighted by Crippen LogP contribution is 2.41. The number of hydrogen-bond donors (Lipinski definition) is 1. The predicted molar refractivity (Wildman–Crippen MR) is 92.1 cm³/mol. The SMILES string of the molecule is CC(=O)N1C=Cc2ccccc2C1C1NC=Cc2ccccc21. The largest absolute Gasteiger partial charge is 0.382 e. The van der Waals surface area contributed by atoms with E-state index in [1.807, 2.05) is 41.6 Å². The van der Waals surface area contributed by atoms with Crippen molar-refractivity contribution in [2.45, 2.75) is 19.0 Å². The van der Waals surface area contributed by atoms with Gasteiger partial charge >= 0.3 is 0 Å². The summed E-state index contributed by atoms with van der Waals surface area (Å²) in [6, 6.07) is 16.6. The number of nitrogens with zero attached hydrogens (tertiary/aromatic N) is 1. The van der Waals surface area contributed by atoms with Crippen molar-refractivity contribution < 1.29 is 4.79 Å². The molecule has 23 heavy (non-hydrogen) atoms. The fraction of sp³-hybridized carbons (Fsp3) is 0.150. The smallest absolute Gasteiger partial charge is 0.224 e. The van der Waals surface area contributed by atoms with Crippen molar-refractivity contribution in [3.63, 3.8) is 0 Å². The third kappa shape index (κ3) is 2.25. The van der Waals surface area contributed by atoms with Gasteiger partial charge in [0.25, 0.3) is 0 Å². The van der Waals surface area contributed by atoms with Crippen LogP contribution in [-0.4, -0.2) is 10.8 Å². The molecule has 2 aliphatic heterocycles. The van der Waals surface area contributed by atoms with Crippen LogP contribution in [-0.2, 0) is 4.79 Å². The number of hydrogen-bond acceptors (Lipinski definition) is 2. The molecule has 3 nitrogen and oxygen atoms in total. The molecule has 2 aliphatic rings. The zero-order valence-electron chi connectivity index (χ0n) is 12.9. The van der Waals surface area contributed by atoms with Crippen LogP contribution >= 0.6 is 0 Å². The van der Waals surface area contributed by atoms with Gasteiger partial charge in [0.05, 0.1) is 12.1 Å². The van der Waals surface area contributed by atoms with Gasteiger partial charge in [-0.3, -0.25) is 4.79 Å². The van der Waals surface area contributed by atoms with Gasteiger partial charge in [0, 0.05) is 13.1 Å². The maximum Gasteiger partial charge on any atom is 0.224 e. The molecule has 3 heteroatoms. The van der Waals surface area contributed by atoms with Gasteiger partial charge in [0.2, 0.25) is 5.91 Å². The third-order valence-electron chi connectivity index (χ3n) is 4.58. The van der Waals surface area contributed by atoms with Crippen LogP contribution in [0.3, 0.4) is 0 Å². The Bertz CT molecular complexity index is 822. The molecule has 0 aliphatic carbocycles. The lowest BCUT2D eigenvalue weighted by Crippen LogP contribution is -2.39. The lowest BCUT2D eigenvalue weighted by atomic mass is 9.84. The third-order valence-corrected chi connectivity index (χ3v) is 4.58. The number of carbonyl (C=O) groups is 1. The molecule has 0 bridgehead atoms. The van der Waals surface area contributed by atoms with Crippen LogP contribution in [0.5, 0.6) is 0 Å². The fourth-order valence-corrected chi connectivity index (χ4v) is 3.51. The van der Waals surface area contributed by atoms with Crippen molar-refractivity contribution in [3.8, 4) is 0 Å². The topological polar surface area (TPSA) is 32.3 Å². The molecular formula is C20H18N2O. The average Bonchev–Trinajstić information content (AvgIpc) is 2.60. The minimum atomic E-state index is -0.0557. The molecule has 0 saturated heterocycles. The lowest BCUT2D eigenvalue weighted by molar-refractivity contribution is -0.128. The first kappa shape index (κ1) is 13.8. The minimum Gasteiger partial charge on any atom is -0.382 e. The van der Waals surface area contributed by atoms with Crippen molar-refractivity contribution in [3.05, 3.63) is 83.2 Å². The van der Waals surface area contributed by atoms with E-state index < -0.39 is 0 Å². The zero-order chi connectivity index (χ0) is 15.8. The Hall–Kier alpha value is -2.81. The Balaban J connectivity index is 1.87. The Labute approximate surface area is 135 Å². The van der Waals surface area contributed by atoms with Crippen LogP contribution in [0, 0.1) is 0 Å². The highest BCUT2D eigenvalue weighted by Gasteiger charge is 2.35. The van der Waals surface area contributed by atoms with Crippen molar-refractivity contribution in [1.82, 2.24) is 10.2 Å². The summed E-state index contributed by atoms with van der Waals surface area (Å²) in [5, 5.41) is 3.46. The maximum atomic E-state index is 12.2. The van der Waals surface area contributed by atoms with E-state index in [-0.39, 0.29) is 18.0 Å². The highest BCUT2D eigenvalue weighted by molar-refractivity contribution is 5.78. The number of nitrogens with one attached hydrogen (secondary N) is 1. The summed E-state index contributed by atoms with van der Waals surface area (Å²) in [7, 11) is 0. The molecule has 0 fully saturated rings. The summed E-state index contributed by atoms with van der Waals surface area (Å²) < 4.78 is 0. The van der Waals surface area contributed by atoms with E-state index in [2.05, 4.69) is 41.7 Å². The maximum absolute atomic E-state index is 12.2. The summed E-state index contributed by atoms with van der Waals surface area (Å²) in [4.78, 5) is 14.0. The molecule has 1 N–H and O–H groups in total. The van der Waals surface area contributed by atoms with Crippen LogP contribution in [0.1, 0.15) is 41.3 Å². The molecule has 2 atom stereocenters. The quantitative estimate of drug-likeness (QED) is 0.867. The first-order valence-corrected chi connectivity index (χ1v) is 7.83. The Morgan fingerprint density at radius 3 is 2.35 bits per heavy atom. The summed E-state index contributed by atoms with van der Waals surface area (Å²) in [6.45, 7) is 1.62. The van der Waals surface area contributed by atoms with E-state index in [0.717, 1.165) is 0 Å². The van der Waals surface area contributed by atoms with Gasteiger partial charge in [-0.2, -0.15) is 0 Å². The van der Waals surface area contributed by atoms with Crippen molar-refractivity contribution >= 4 is 18.1 Å². The lowest BCUT2D eigenvalue weighted by Gasteiger charge is -2.40. The molecule has 2 heterocycles. The van der Waals surface area contributed by atoms with E-state index in [0.29, 0.717) is 0 Å². The molecule has 2 unspecified atom stereocenters. The van der Waals surface area contributed by atoms with E-state index >= 15 is 0 Å². The molecule has 2 aromatic rings. The van der Waals surface area contributed by atoms with Gasteiger partial charge < -0.3 is 10.2 Å². The molecule has 2 aromatic carbocycles. The second-order valence-electron chi connectivity index (χ2n) is 5.92. The molecule has 0 spiro atoms. The molecule has 1 amide bonds. The zero-order valence-corrected chi connectivity index (χ0v) is 12.9. The van der Waals surface area contributed by atoms with Crippen molar-refractivity contribution in [2.75, 3.05) is 0 Å². The Morgan fingerprint density at radius 1 is 0.957 bits per heavy atom. The molecule has 0 radical (unpaired) electrons. The number of carbonyl (C=O) groups excluding carboxylic acids is 1. The summed E-state index contributed by atoms with van der Waals surface area (Å²) in [6.07, 6.45) is 7.97. The number of rotatable bonds is 1. The van der Waals surface area contributed by atoms with E-state index in [9.17, 15) is 4.79 Å². The summed E-state index contributed by atoms with van der Waals surface area (Å²) in [5.41, 5.74) is 4.76. The van der Waals surface area contributed by atoms with Gasteiger partial charge in [0.15, 0.2) is 0 Å². The van der Waals surface area contributed by atoms with Gasteiger partial charge in [-0.15, -0.1) is 0 Å². The van der Waals surface area contributed by atoms with Gasteiger partial charge in [-0.1, -0.05) is 48.5 Å². The molecule has 114 valence electrons. The monoisotopic (exact) mass is 302 g/mol. The van der Waals surface area contributed by atoms with E-state index in [4.69, 9.17) is 0 Å². The van der Waals surface area contributed by atoms with E-state index in [1.165, 1.54) is 22.3 Å². The first-order chi connectivity index (χ1) is 11.3. The summed E-state index contributed by atoms with van der Waals surface area (Å²) >= 11 is 0. The van der Waals surface area contributed by atoms with E-state index in [1.54, 1.807) is 6.92 Å². The number of amides is 1. The van der Waals surface area contributed by atoms with Crippen LogP contribution < -0.4 is 5.32 Å². The second kappa shape index (κ2) is 5.43. The summed E-state index contributed by atoms with van der Waals surface area (Å²) in [5.74, 6) is 0.0505. The highest BCUT2D eigenvalue weighted by atomic mass is 16.2. The predicted octanol–water partition coefficient (Wildman–Crippen LogP) is 3.88. The standard InChI is InChI=1S/C20H18N2O/c1-14(23)22-13-11-16-7-3-5-9-18(16)20(22)19-17-8-4-2-6-15(17)10-12-21-19/h2-13,19-21H,1H3. The van der Waals surface area contributed by atoms with Crippen molar-refractivity contribution in [2.24, 2.45) is 0 Å². The second-order valence-corrected chi connectivity index (χ2v) is 5.92. The average molecular weight is 302 g/mol. The van der Waals surface area contributed by atoms with Crippen LogP contribution in [0.15, 0.2) is 60.9 Å². The minimum absolute atomic E-state index is 0.0335. The first-order valence-electron chi connectivity index (χ1n) is 7.83. The van der Waals surface area contributed by atoms with Crippen LogP contribution in [0.4, 0.5) is 0 Å². The number of benzene rings is 2.